The molecule has 0 aliphatic rings. The van der Waals surface area contributed by atoms with Crippen molar-refractivity contribution in [1.29, 1.82) is 5.26 Å². The van der Waals surface area contributed by atoms with Gasteiger partial charge in [-0.3, -0.25) is 0 Å². The Hall–Kier alpha value is -2.77. The fourth-order valence-electron chi connectivity index (χ4n) is 3.12. The van der Waals surface area contributed by atoms with E-state index in [1.807, 2.05) is 78.9 Å². The van der Waals surface area contributed by atoms with Gasteiger partial charge < -0.3 is 0 Å². The molecule has 0 saturated carbocycles. The van der Waals surface area contributed by atoms with Gasteiger partial charge >= 0.3 is 0 Å². The summed E-state index contributed by atoms with van der Waals surface area (Å²) in [4.78, 5) is 4.84. The van der Waals surface area contributed by atoms with Crippen LogP contribution in [-0.4, -0.2) is 4.98 Å². The summed E-state index contributed by atoms with van der Waals surface area (Å²) in [6, 6.07) is 29.9. The Bertz CT molecular complexity index is 1220. The monoisotopic (exact) mass is 446 g/mol. The molecule has 1 aromatic heterocycles. The molecule has 0 aliphatic carbocycles. The van der Waals surface area contributed by atoms with Gasteiger partial charge in [-0.25, -0.2) is 4.98 Å². The zero-order valence-electron chi connectivity index (χ0n) is 15.8. The Morgan fingerprint density at radius 3 is 2.10 bits per heavy atom. The van der Waals surface area contributed by atoms with Crippen molar-refractivity contribution in [2.45, 2.75) is 10.8 Å². The third kappa shape index (κ3) is 4.52. The highest BCUT2D eigenvalue weighted by molar-refractivity contribution is 7.98. The van der Waals surface area contributed by atoms with E-state index in [0.717, 1.165) is 27.9 Å². The van der Waals surface area contributed by atoms with Crippen LogP contribution < -0.4 is 0 Å². The molecule has 0 aliphatic heterocycles. The number of nitriles is 1. The van der Waals surface area contributed by atoms with Crippen LogP contribution in [-0.2, 0) is 5.75 Å². The lowest BCUT2D eigenvalue weighted by Gasteiger charge is -2.13. The van der Waals surface area contributed by atoms with E-state index in [2.05, 4.69) is 6.07 Å². The minimum atomic E-state index is 0.520. The van der Waals surface area contributed by atoms with E-state index in [1.54, 1.807) is 6.07 Å². The maximum absolute atomic E-state index is 9.96. The maximum atomic E-state index is 9.96. The summed E-state index contributed by atoms with van der Waals surface area (Å²) >= 11 is 13.7. The second-order valence-electron chi connectivity index (χ2n) is 6.62. The molecule has 1 heterocycles. The van der Waals surface area contributed by atoms with E-state index in [9.17, 15) is 5.26 Å². The van der Waals surface area contributed by atoms with Gasteiger partial charge in [0.1, 0.15) is 11.1 Å². The molecule has 0 atom stereocenters. The number of benzene rings is 3. The molecule has 0 unspecified atom stereocenters. The first kappa shape index (κ1) is 20.5. The fraction of sp³-hybridized carbons (Fsp3) is 0.0400. The quantitative estimate of drug-likeness (QED) is 0.292. The van der Waals surface area contributed by atoms with Crippen LogP contribution in [0.4, 0.5) is 0 Å². The number of aromatic nitrogens is 1. The van der Waals surface area contributed by atoms with E-state index >= 15 is 0 Å². The van der Waals surface area contributed by atoms with Crippen LogP contribution in [0.1, 0.15) is 11.1 Å². The molecule has 4 aromatic rings. The molecule has 0 bridgehead atoms. The summed E-state index contributed by atoms with van der Waals surface area (Å²) in [5, 5.41) is 11.7. The lowest BCUT2D eigenvalue weighted by atomic mass is 9.99. The highest BCUT2D eigenvalue weighted by Gasteiger charge is 2.16. The average molecular weight is 447 g/mol. The topological polar surface area (TPSA) is 36.7 Å². The lowest BCUT2D eigenvalue weighted by Crippen LogP contribution is -1.96. The van der Waals surface area contributed by atoms with Crippen LogP contribution >= 0.6 is 35.0 Å². The molecule has 0 amide bonds. The van der Waals surface area contributed by atoms with Gasteiger partial charge in [0.25, 0.3) is 0 Å². The van der Waals surface area contributed by atoms with Gasteiger partial charge in [-0.05, 0) is 29.3 Å². The summed E-state index contributed by atoms with van der Waals surface area (Å²) in [7, 11) is 0. The summed E-state index contributed by atoms with van der Waals surface area (Å²) in [5.74, 6) is 0.630. The van der Waals surface area contributed by atoms with Crippen LogP contribution in [0.3, 0.4) is 0 Å². The molecule has 30 heavy (non-hydrogen) atoms. The predicted molar refractivity (Wildman–Crippen MR) is 126 cm³/mol. The highest BCUT2D eigenvalue weighted by atomic mass is 35.5. The molecule has 146 valence electrons. The number of rotatable bonds is 5. The molecule has 0 saturated heterocycles. The normalized spacial score (nSPS) is 10.6. The Morgan fingerprint density at radius 2 is 1.47 bits per heavy atom. The smallest absolute Gasteiger partial charge is 0.115 e. The number of pyridine rings is 1. The van der Waals surface area contributed by atoms with Gasteiger partial charge in [-0.2, -0.15) is 5.26 Å². The van der Waals surface area contributed by atoms with E-state index in [-0.39, 0.29) is 0 Å². The molecule has 0 radical (unpaired) electrons. The Morgan fingerprint density at radius 1 is 0.800 bits per heavy atom. The summed E-state index contributed by atoms with van der Waals surface area (Å²) in [6.45, 7) is 0. The molecule has 4 rings (SSSR count). The van der Waals surface area contributed by atoms with E-state index < -0.39 is 0 Å². The van der Waals surface area contributed by atoms with Crippen molar-refractivity contribution >= 4 is 35.0 Å². The van der Waals surface area contributed by atoms with E-state index in [0.29, 0.717) is 26.4 Å². The van der Waals surface area contributed by atoms with Crippen LogP contribution in [0.25, 0.3) is 22.4 Å². The summed E-state index contributed by atoms with van der Waals surface area (Å²) < 4.78 is 0. The van der Waals surface area contributed by atoms with Gasteiger partial charge in [0.2, 0.25) is 0 Å². The second-order valence-corrected chi connectivity index (χ2v) is 8.39. The van der Waals surface area contributed by atoms with Crippen LogP contribution in [0.15, 0.2) is 90.0 Å². The molecule has 3 aromatic carbocycles. The van der Waals surface area contributed by atoms with Crippen molar-refractivity contribution in [1.82, 2.24) is 4.98 Å². The van der Waals surface area contributed by atoms with E-state index in [4.69, 9.17) is 28.2 Å². The average Bonchev–Trinajstić information content (AvgIpc) is 2.80. The largest absolute Gasteiger partial charge is 0.240 e. The van der Waals surface area contributed by atoms with Gasteiger partial charge in [-0.1, -0.05) is 89.9 Å². The minimum Gasteiger partial charge on any atom is -0.240 e. The first-order chi connectivity index (χ1) is 14.7. The minimum absolute atomic E-state index is 0.520. The number of hydrogen-bond acceptors (Lipinski definition) is 3. The van der Waals surface area contributed by atoms with Crippen molar-refractivity contribution in [2.24, 2.45) is 0 Å². The molecule has 0 N–H and O–H groups in total. The van der Waals surface area contributed by atoms with Crippen molar-refractivity contribution in [3.63, 3.8) is 0 Å². The van der Waals surface area contributed by atoms with Crippen molar-refractivity contribution in [3.05, 3.63) is 106 Å². The fourth-order valence-corrected chi connectivity index (χ4v) is 4.38. The zero-order valence-corrected chi connectivity index (χ0v) is 18.2. The van der Waals surface area contributed by atoms with Gasteiger partial charge in [0.05, 0.1) is 21.3 Å². The number of nitrogens with zero attached hydrogens (tertiary/aromatic N) is 2. The Kier molecular flexibility index (Phi) is 6.40. The second kappa shape index (κ2) is 9.36. The number of thioether (sulfide) groups is 1. The van der Waals surface area contributed by atoms with Crippen LogP contribution in [0, 0.1) is 11.3 Å². The molecule has 0 fully saturated rings. The van der Waals surface area contributed by atoms with Gasteiger partial charge in [-0.15, -0.1) is 11.8 Å². The van der Waals surface area contributed by atoms with Crippen molar-refractivity contribution in [3.8, 4) is 28.5 Å². The van der Waals surface area contributed by atoms with E-state index in [1.165, 1.54) is 11.8 Å². The number of halogens is 2. The predicted octanol–water partition coefficient (Wildman–Crippen LogP) is 7.89. The summed E-state index contributed by atoms with van der Waals surface area (Å²) in [6.07, 6.45) is 0. The van der Waals surface area contributed by atoms with Gasteiger partial charge in [0, 0.05) is 16.9 Å². The molecular formula is C25H16Cl2N2S. The van der Waals surface area contributed by atoms with Crippen molar-refractivity contribution in [2.75, 3.05) is 0 Å². The Labute approximate surface area is 190 Å². The third-order valence-electron chi connectivity index (χ3n) is 4.61. The van der Waals surface area contributed by atoms with Gasteiger partial charge in [0.15, 0.2) is 0 Å². The summed E-state index contributed by atoms with van der Waals surface area (Å²) in [5.41, 5.74) is 5.31. The standard InChI is InChI=1S/C25H16Cl2N2S/c26-22-12-11-17(13-23(22)27)16-30-25-21(15-28)20(18-7-3-1-4-8-18)14-24(29-25)19-9-5-2-6-10-19/h1-14H,16H2. The third-order valence-corrected chi connectivity index (χ3v) is 6.40. The van der Waals surface area contributed by atoms with Crippen molar-refractivity contribution < 1.29 is 0 Å². The Balaban J connectivity index is 1.79. The molecular weight excluding hydrogens is 431 g/mol. The maximum Gasteiger partial charge on any atom is 0.115 e. The SMILES string of the molecule is N#Cc1c(-c2ccccc2)cc(-c2ccccc2)nc1SCc1ccc(Cl)c(Cl)c1. The van der Waals surface area contributed by atoms with Crippen LogP contribution in [0.5, 0.6) is 0 Å². The first-order valence-electron chi connectivity index (χ1n) is 9.28. The molecule has 2 nitrogen and oxygen atoms in total. The number of hydrogen-bond donors (Lipinski definition) is 0. The lowest BCUT2D eigenvalue weighted by molar-refractivity contribution is 1.12. The molecule has 0 spiro atoms. The zero-order chi connectivity index (χ0) is 20.9. The highest BCUT2D eigenvalue weighted by Crippen LogP contribution is 2.35. The van der Waals surface area contributed by atoms with Crippen LogP contribution in [0.2, 0.25) is 10.0 Å². The molecule has 5 heteroatoms. The first-order valence-corrected chi connectivity index (χ1v) is 11.0.